The summed E-state index contributed by atoms with van der Waals surface area (Å²) in [5, 5.41) is -0.244. The first-order valence-corrected chi connectivity index (χ1v) is 5.73. The molecule has 0 saturated carbocycles. The topological polar surface area (TPSA) is 12.4 Å². The minimum absolute atomic E-state index is 0.0207. The molecule has 0 N–H and O–H groups in total. The predicted octanol–water partition coefficient (Wildman–Crippen LogP) is 4.24. The molecule has 0 aliphatic heterocycles. The normalized spacial score (nSPS) is 11.1. The van der Waals surface area contributed by atoms with Crippen molar-refractivity contribution in [1.82, 2.24) is 0 Å². The zero-order valence-corrected chi connectivity index (χ0v) is 10.2. The molecule has 0 unspecified atom stereocenters. The van der Waals surface area contributed by atoms with Crippen molar-refractivity contribution < 1.29 is 8.78 Å². The van der Waals surface area contributed by atoms with Crippen molar-refractivity contribution >= 4 is 17.8 Å². The highest BCUT2D eigenvalue weighted by Crippen LogP contribution is 2.21. The van der Waals surface area contributed by atoms with Crippen LogP contribution >= 0.6 is 11.6 Å². The van der Waals surface area contributed by atoms with Gasteiger partial charge in [0, 0.05) is 11.8 Å². The first kappa shape index (κ1) is 12.7. The second-order valence-corrected chi connectivity index (χ2v) is 4.09. The molecule has 0 radical (unpaired) electrons. The average molecular weight is 266 g/mol. The Bertz CT molecular complexity index is 568. The van der Waals surface area contributed by atoms with E-state index in [0.29, 0.717) is 6.54 Å². The first-order valence-electron chi connectivity index (χ1n) is 5.35. The average Bonchev–Trinajstić information content (AvgIpc) is 2.39. The maximum atomic E-state index is 13.4. The lowest BCUT2D eigenvalue weighted by Gasteiger charge is -2.01. The second-order valence-electron chi connectivity index (χ2n) is 3.71. The zero-order valence-electron chi connectivity index (χ0n) is 9.41. The Morgan fingerprint density at radius 1 is 1.00 bits per heavy atom. The molecular weight excluding hydrogens is 256 g/mol. The van der Waals surface area contributed by atoms with Gasteiger partial charge in [-0.15, -0.1) is 0 Å². The SMILES string of the molecule is Fc1ccc(F)c(C=NCc2ccccc2)c1Cl. The van der Waals surface area contributed by atoms with Crippen molar-refractivity contribution in [3.63, 3.8) is 0 Å². The van der Waals surface area contributed by atoms with Gasteiger partial charge in [0.15, 0.2) is 0 Å². The quantitative estimate of drug-likeness (QED) is 0.581. The molecule has 0 aliphatic rings. The summed E-state index contributed by atoms with van der Waals surface area (Å²) in [7, 11) is 0. The van der Waals surface area contributed by atoms with Gasteiger partial charge in [0.05, 0.1) is 11.6 Å². The summed E-state index contributed by atoms with van der Waals surface area (Å²) in [5.74, 6) is -1.24. The lowest BCUT2D eigenvalue weighted by Crippen LogP contribution is -1.93. The van der Waals surface area contributed by atoms with Crippen LogP contribution in [-0.2, 0) is 6.54 Å². The van der Waals surface area contributed by atoms with E-state index in [1.165, 1.54) is 6.21 Å². The number of benzene rings is 2. The molecule has 0 spiro atoms. The van der Waals surface area contributed by atoms with Crippen molar-refractivity contribution in [2.75, 3.05) is 0 Å². The minimum Gasteiger partial charge on any atom is -0.288 e. The summed E-state index contributed by atoms with van der Waals surface area (Å²) in [6, 6.07) is 11.5. The molecule has 0 aromatic heterocycles. The molecule has 0 heterocycles. The number of hydrogen-bond donors (Lipinski definition) is 0. The Morgan fingerprint density at radius 2 is 1.67 bits per heavy atom. The molecule has 92 valence electrons. The molecule has 0 fully saturated rings. The highest BCUT2D eigenvalue weighted by atomic mass is 35.5. The number of nitrogens with zero attached hydrogens (tertiary/aromatic N) is 1. The molecule has 0 aliphatic carbocycles. The Kier molecular flexibility index (Phi) is 4.05. The van der Waals surface area contributed by atoms with Crippen LogP contribution in [0.3, 0.4) is 0 Å². The Balaban J connectivity index is 2.17. The van der Waals surface area contributed by atoms with Crippen LogP contribution in [0.5, 0.6) is 0 Å². The summed E-state index contributed by atoms with van der Waals surface area (Å²) in [6.07, 6.45) is 1.26. The first-order chi connectivity index (χ1) is 8.68. The Hall–Kier alpha value is -1.74. The largest absolute Gasteiger partial charge is 0.288 e. The van der Waals surface area contributed by atoms with Gasteiger partial charge in [-0.1, -0.05) is 41.9 Å². The Morgan fingerprint density at radius 3 is 2.39 bits per heavy atom. The smallest absolute Gasteiger partial charge is 0.142 e. The van der Waals surface area contributed by atoms with Gasteiger partial charge >= 0.3 is 0 Å². The molecule has 2 rings (SSSR count). The second kappa shape index (κ2) is 5.74. The van der Waals surface area contributed by atoms with Crippen LogP contribution in [0.1, 0.15) is 11.1 Å². The van der Waals surface area contributed by atoms with Gasteiger partial charge in [-0.25, -0.2) is 8.78 Å². The summed E-state index contributed by atoms with van der Waals surface area (Å²) >= 11 is 5.67. The van der Waals surface area contributed by atoms with E-state index in [2.05, 4.69) is 4.99 Å². The lowest BCUT2D eigenvalue weighted by molar-refractivity contribution is 0.599. The third-order valence-corrected chi connectivity index (χ3v) is 2.80. The van der Waals surface area contributed by atoms with Gasteiger partial charge in [-0.3, -0.25) is 4.99 Å². The van der Waals surface area contributed by atoms with Crippen LogP contribution in [-0.4, -0.2) is 6.21 Å². The third kappa shape index (κ3) is 2.93. The van der Waals surface area contributed by atoms with E-state index >= 15 is 0 Å². The fourth-order valence-corrected chi connectivity index (χ4v) is 1.69. The van der Waals surface area contributed by atoms with Crippen molar-refractivity contribution in [2.45, 2.75) is 6.54 Å². The van der Waals surface area contributed by atoms with E-state index in [1.807, 2.05) is 30.3 Å². The van der Waals surface area contributed by atoms with Gasteiger partial charge in [0.1, 0.15) is 11.6 Å². The van der Waals surface area contributed by atoms with E-state index in [0.717, 1.165) is 17.7 Å². The van der Waals surface area contributed by atoms with E-state index in [9.17, 15) is 8.78 Å². The van der Waals surface area contributed by atoms with E-state index in [4.69, 9.17) is 11.6 Å². The van der Waals surface area contributed by atoms with Crippen molar-refractivity contribution in [1.29, 1.82) is 0 Å². The summed E-state index contributed by atoms with van der Waals surface area (Å²) in [5.41, 5.74) is 0.967. The molecule has 0 amide bonds. The molecule has 2 aromatic rings. The molecule has 4 heteroatoms. The molecular formula is C14H10ClF2N. The van der Waals surface area contributed by atoms with Crippen LogP contribution in [0.15, 0.2) is 47.5 Å². The van der Waals surface area contributed by atoms with Crippen LogP contribution in [0.4, 0.5) is 8.78 Å². The van der Waals surface area contributed by atoms with Gasteiger partial charge in [-0.2, -0.15) is 0 Å². The summed E-state index contributed by atoms with van der Waals surface area (Å²) in [4.78, 5) is 4.06. The summed E-state index contributed by atoms with van der Waals surface area (Å²) < 4.78 is 26.6. The van der Waals surface area contributed by atoms with Crippen LogP contribution in [0, 0.1) is 11.6 Å². The molecule has 1 nitrogen and oxygen atoms in total. The van der Waals surface area contributed by atoms with E-state index < -0.39 is 11.6 Å². The van der Waals surface area contributed by atoms with Crippen LogP contribution in [0.25, 0.3) is 0 Å². The van der Waals surface area contributed by atoms with E-state index in [-0.39, 0.29) is 10.6 Å². The molecule has 2 aromatic carbocycles. The lowest BCUT2D eigenvalue weighted by atomic mass is 10.2. The maximum absolute atomic E-state index is 13.4. The van der Waals surface area contributed by atoms with Gasteiger partial charge in [0.25, 0.3) is 0 Å². The molecule has 0 bridgehead atoms. The highest BCUT2D eigenvalue weighted by Gasteiger charge is 2.09. The maximum Gasteiger partial charge on any atom is 0.142 e. The van der Waals surface area contributed by atoms with Crippen molar-refractivity contribution in [3.05, 3.63) is 70.2 Å². The fourth-order valence-electron chi connectivity index (χ4n) is 1.49. The van der Waals surface area contributed by atoms with Crippen molar-refractivity contribution in [3.8, 4) is 0 Å². The van der Waals surface area contributed by atoms with Crippen molar-refractivity contribution in [2.24, 2.45) is 4.99 Å². The predicted molar refractivity (Wildman–Crippen MR) is 69.1 cm³/mol. The fraction of sp³-hybridized carbons (Fsp3) is 0.0714. The van der Waals surface area contributed by atoms with Crippen LogP contribution in [0.2, 0.25) is 5.02 Å². The minimum atomic E-state index is -0.653. The van der Waals surface area contributed by atoms with Gasteiger partial charge in [0.2, 0.25) is 0 Å². The number of rotatable bonds is 3. The molecule has 0 saturated heterocycles. The molecule has 18 heavy (non-hydrogen) atoms. The monoisotopic (exact) mass is 265 g/mol. The van der Waals surface area contributed by atoms with E-state index in [1.54, 1.807) is 0 Å². The number of hydrogen-bond acceptors (Lipinski definition) is 1. The number of halogens is 3. The Labute approximate surface area is 109 Å². The number of aliphatic imine (C=N–C) groups is 1. The standard InChI is InChI=1S/C14H10ClF2N/c15-14-11(12(16)6-7-13(14)17)9-18-8-10-4-2-1-3-5-10/h1-7,9H,8H2. The van der Waals surface area contributed by atoms with Gasteiger partial charge in [-0.05, 0) is 17.7 Å². The molecule has 0 atom stereocenters. The third-order valence-electron chi connectivity index (χ3n) is 2.42. The summed E-state index contributed by atoms with van der Waals surface area (Å²) in [6.45, 7) is 0.396. The zero-order chi connectivity index (χ0) is 13.0. The van der Waals surface area contributed by atoms with Gasteiger partial charge < -0.3 is 0 Å². The highest BCUT2D eigenvalue weighted by molar-refractivity contribution is 6.33. The van der Waals surface area contributed by atoms with Crippen LogP contribution < -0.4 is 0 Å².